The molecule has 10 atom stereocenters. The van der Waals surface area contributed by atoms with Crippen LogP contribution in [-0.2, 0) is 33.3 Å². The van der Waals surface area contributed by atoms with Gasteiger partial charge in [-0.3, -0.25) is 14.4 Å². The van der Waals surface area contributed by atoms with Crippen LogP contribution in [0.4, 0.5) is 30.7 Å². The van der Waals surface area contributed by atoms with Crippen LogP contribution in [0.3, 0.4) is 0 Å². The minimum atomic E-state index is -6.07. The topological polar surface area (TPSA) is 88.1 Å². The Morgan fingerprint density at radius 1 is 1.00 bits per heavy atom. The molecule has 0 spiro atoms. The highest BCUT2D eigenvalue weighted by Gasteiger charge is 2.71. The van der Waals surface area contributed by atoms with E-state index in [0.29, 0.717) is 6.42 Å². The van der Waals surface area contributed by atoms with Gasteiger partial charge in [-0.1, -0.05) is 12.2 Å². The van der Waals surface area contributed by atoms with Crippen molar-refractivity contribution in [3.63, 3.8) is 0 Å². The van der Waals surface area contributed by atoms with Gasteiger partial charge in [0.15, 0.2) is 0 Å². The van der Waals surface area contributed by atoms with Crippen LogP contribution in [0.15, 0.2) is 12.2 Å². The molecule has 5 rings (SSSR count). The largest absolute Gasteiger partial charge is 0.458 e. The van der Waals surface area contributed by atoms with E-state index in [-0.39, 0.29) is 12.5 Å². The number of halogens is 7. The summed E-state index contributed by atoms with van der Waals surface area (Å²) in [4.78, 5) is 37.5. The zero-order valence-corrected chi connectivity index (χ0v) is 16.9. The Hall–Kier alpha value is -2.38. The van der Waals surface area contributed by atoms with Gasteiger partial charge in [-0.05, 0) is 12.8 Å². The number of hydrogen-bond donors (Lipinski definition) is 0. The van der Waals surface area contributed by atoms with Crippen molar-refractivity contribution in [3.05, 3.63) is 12.2 Å². The summed E-state index contributed by atoms with van der Waals surface area (Å²) < 4.78 is 111. The minimum Gasteiger partial charge on any atom is -0.458 e. The van der Waals surface area contributed by atoms with E-state index in [1.54, 1.807) is 12.2 Å². The van der Waals surface area contributed by atoms with E-state index in [4.69, 9.17) is 14.2 Å². The normalized spacial score (nSPS) is 40.7. The predicted octanol–water partition coefficient (Wildman–Crippen LogP) is 2.63. The van der Waals surface area contributed by atoms with E-state index in [2.05, 4.69) is 4.74 Å². The molecule has 7 nitrogen and oxygen atoms in total. The summed E-state index contributed by atoms with van der Waals surface area (Å²) in [5.74, 6) is -13.1. The molecule has 0 aromatic carbocycles. The Morgan fingerprint density at radius 2 is 1.68 bits per heavy atom. The van der Waals surface area contributed by atoms with E-state index in [0.717, 1.165) is 0 Å². The fraction of sp³-hybridized carbons (Fsp3) is 0.750. The van der Waals surface area contributed by atoms with E-state index < -0.39 is 90.4 Å². The van der Waals surface area contributed by atoms with Gasteiger partial charge in [0.2, 0.25) is 5.92 Å². The van der Waals surface area contributed by atoms with Crippen LogP contribution in [0.5, 0.6) is 0 Å². The average molecular weight is 502 g/mol. The van der Waals surface area contributed by atoms with Crippen molar-refractivity contribution >= 4 is 17.9 Å². The van der Waals surface area contributed by atoms with Crippen molar-refractivity contribution in [2.24, 2.45) is 35.5 Å². The monoisotopic (exact) mass is 502 g/mol. The molecule has 4 bridgehead atoms. The Bertz CT molecular complexity index is 917. The van der Waals surface area contributed by atoms with E-state index in [1.165, 1.54) is 0 Å². The number of carbonyl (C=O) groups is 3. The predicted molar refractivity (Wildman–Crippen MR) is 90.8 cm³/mol. The number of fused-ring (bicyclic) bond motifs is 3. The van der Waals surface area contributed by atoms with Crippen molar-refractivity contribution in [1.82, 2.24) is 0 Å². The average Bonchev–Trinajstić information content (AvgIpc) is 3.47. The first kappa shape index (κ1) is 23.4. The van der Waals surface area contributed by atoms with Crippen molar-refractivity contribution in [2.45, 2.75) is 56.0 Å². The highest BCUT2D eigenvalue weighted by atomic mass is 19.4. The molecule has 188 valence electrons. The number of rotatable bonds is 5. The molecule has 3 aliphatic heterocycles. The highest BCUT2D eigenvalue weighted by Crippen LogP contribution is 2.59. The quantitative estimate of drug-likeness (QED) is 0.247. The zero-order valence-electron chi connectivity index (χ0n) is 16.9. The summed E-state index contributed by atoms with van der Waals surface area (Å²) in [6, 6.07) is 0. The standard InChI is InChI=1S/C20H17F7O7/c21-15(14(19(22,23)24)20(25,26)27)34-18(30)11-8-4-7-10(11)17(29)33-13(7)12(8)32-16(28)6-3-5-1-2-9(6)31-5/h1-2,5-15H,3-4H2. The molecule has 5 aliphatic rings. The lowest BCUT2D eigenvalue weighted by Crippen LogP contribution is -2.48. The number of esters is 3. The first-order valence-corrected chi connectivity index (χ1v) is 10.5. The maximum Gasteiger partial charge on any atom is 0.406 e. The van der Waals surface area contributed by atoms with E-state index in [1.807, 2.05) is 0 Å². The smallest absolute Gasteiger partial charge is 0.406 e. The second-order valence-corrected chi connectivity index (χ2v) is 9.13. The van der Waals surface area contributed by atoms with Gasteiger partial charge < -0.3 is 18.9 Å². The van der Waals surface area contributed by atoms with Crippen molar-refractivity contribution in [1.29, 1.82) is 0 Å². The number of ether oxygens (including phenoxy) is 4. The van der Waals surface area contributed by atoms with E-state index >= 15 is 0 Å². The molecular weight excluding hydrogens is 485 g/mol. The third-order valence-electron chi connectivity index (χ3n) is 7.30. The lowest BCUT2D eigenvalue weighted by atomic mass is 9.78. The summed E-state index contributed by atoms with van der Waals surface area (Å²) in [5, 5.41) is 0. The molecule has 0 aromatic rings. The molecule has 14 heteroatoms. The summed E-state index contributed by atoms with van der Waals surface area (Å²) >= 11 is 0. The van der Waals surface area contributed by atoms with Crippen LogP contribution < -0.4 is 0 Å². The lowest BCUT2D eigenvalue weighted by Gasteiger charge is -2.32. The molecule has 0 radical (unpaired) electrons. The molecule has 2 aliphatic carbocycles. The molecule has 34 heavy (non-hydrogen) atoms. The Morgan fingerprint density at radius 3 is 2.24 bits per heavy atom. The summed E-state index contributed by atoms with van der Waals surface area (Å²) in [6.07, 6.45) is -15.2. The van der Waals surface area contributed by atoms with Crippen LogP contribution in [0.1, 0.15) is 12.8 Å². The van der Waals surface area contributed by atoms with Crippen molar-refractivity contribution in [3.8, 4) is 0 Å². The summed E-state index contributed by atoms with van der Waals surface area (Å²) in [6.45, 7) is 0. The first-order chi connectivity index (χ1) is 15.8. The van der Waals surface area contributed by atoms with Crippen molar-refractivity contribution in [2.75, 3.05) is 0 Å². The third-order valence-corrected chi connectivity index (χ3v) is 7.30. The molecule has 2 saturated carbocycles. The maximum atomic E-state index is 14.0. The maximum absolute atomic E-state index is 14.0. The number of carbonyl (C=O) groups excluding carboxylic acids is 3. The molecule has 4 fully saturated rings. The van der Waals surface area contributed by atoms with Gasteiger partial charge in [0.1, 0.15) is 12.2 Å². The highest BCUT2D eigenvalue weighted by molar-refractivity contribution is 5.86. The van der Waals surface area contributed by atoms with Gasteiger partial charge in [-0.15, -0.1) is 0 Å². The Labute approximate surface area is 186 Å². The van der Waals surface area contributed by atoms with Crippen LogP contribution >= 0.6 is 0 Å². The molecule has 3 heterocycles. The van der Waals surface area contributed by atoms with Gasteiger partial charge in [0, 0.05) is 11.8 Å². The van der Waals surface area contributed by atoms with Gasteiger partial charge in [0.25, 0.3) is 6.36 Å². The second-order valence-electron chi connectivity index (χ2n) is 9.13. The minimum absolute atomic E-state index is 0.0742. The number of hydrogen-bond acceptors (Lipinski definition) is 7. The molecule has 2 saturated heterocycles. The third kappa shape index (κ3) is 3.55. The fourth-order valence-corrected chi connectivity index (χ4v) is 5.93. The van der Waals surface area contributed by atoms with Crippen LogP contribution in [0.2, 0.25) is 0 Å². The molecular formula is C20H17F7O7. The van der Waals surface area contributed by atoms with Crippen LogP contribution in [-0.4, -0.2) is 61.0 Å². The van der Waals surface area contributed by atoms with Gasteiger partial charge in [-0.2, -0.15) is 26.3 Å². The molecule has 0 aromatic heterocycles. The van der Waals surface area contributed by atoms with E-state index in [9.17, 15) is 45.1 Å². The molecule has 10 unspecified atom stereocenters. The Kier molecular flexibility index (Phi) is 5.19. The van der Waals surface area contributed by atoms with Gasteiger partial charge in [-0.25, -0.2) is 4.39 Å². The SMILES string of the molecule is O=C(OC1C2CC3C1OC(=O)C3C2C(=O)OC(F)C(C(F)(F)F)C(F)(F)F)C1CC2C=CC1O2. The first-order valence-electron chi connectivity index (χ1n) is 10.5. The second kappa shape index (κ2) is 7.56. The molecule has 0 amide bonds. The zero-order chi connectivity index (χ0) is 24.7. The summed E-state index contributed by atoms with van der Waals surface area (Å²) in [7, 11) is 0. The van der Waals surface area contributed by atoms with Crippen LogP contribution in [0, 0.1) is 35.5 Å². The fourth-order valence-electron chi connectivity index (χ4n) is 5.93. The van der Waals surface area contributed by atoms with Crippen molar-refractivity contribution < 1.29 is 64.1 Å². The van der Waals surface area contributed by atoms with Gasteiger partial charge in [0.05, 0.1) is 30.0 Å². The van der Waals surface area contributed by atoms with Gasteiger partial charge >= 0.3 is 30.3 Å². The summed E-state index contributed by atoms with van der Waals surface area (Å²) in [5.41, 5.74) is 0. The lowest BCUT2D eigenvalue weighted by molar-refractivity contribution is -0.323. The Balaban J connectivity index is 1.32. The molecule has 0 N–H and O–H groups in total. The number of alkyl halides is 7. The van der Waals surface area contributed by atoms with Crippen LogP contribution in [0.25, 0.3) is 0 Å².